The summed E-state index contributed by atoms with van der Waals surface area (Å²) < 4.78 is 58.3. The number of hydrogen-bond acceptors (Lipinski definition) is 1. The van der Waals surface area contributed by atoms with Crippen LogP contribution in [-0.4, -0.2) is 7.85 Å². The van der Waals surface area contributed by atoms with Gasteiger partial charge in [0, 0.05) is 16.9 Å². The summed E-state index contributed by atoms with van der Waals surface area (Å²) in [6.45, 7) is 4.68. The molecule has 0 N–H and O–H groups in total. The zero-order valence-corrected chi connectivity index (χ0v) is 18.8. The van der Waals surface area contributed by atoms with Gasteiger partial charge in [-0.15, -0.1) is 0 Å². The van der Waals surface area contributed by atoms with Crippen LogP contribution in [0.15, 0.2) is 66.7 Å². The molecule has 0 saturated carbocycles. The highest BCUT2D eigenvalue weighted by atomic mass is 19.2. The third-order valence-corrected chi connectivity index (χ3v) is 6.06. The smallest absolute Gasteiger partial charge is 0.170 e. The molecular weight excluding hydrogens is 425 g/mol. The second kappa shape index (κ2) is 8.78. The molecular formula is C27H22BF4N. The van der Waals surface area contributed by atoms with Crippen molar-refractivity contribution in [2.75, 3.05) is 4.90 Å². The van der Waals surface area contributed by atoms with E-state index < -0.39 is 34.4 Å². The van der Waals surface area contributed by atoms with Crippen LogP contribution in [0.25, 0.3) is 11.1 Å². The van der Waals surface area contributed by atoms with Crippen molar-refractivity contribution in [3.63, 3.8) is 0 Å². The van der Waals surface area contributed by atoms with Crippen LogP contribution >= 0.6 is 0 Å². The molecule has 0 spiro atoms. The fourth-order valence-electron chi connectivity index (χ4n) is 4.21. The van der Waals surface area contributed by atoms with E-state index in [4.69, 9.17) is 0 Å². The third-order valence-electron chi connectivity index (χ3n) is 6.06. The minimum Gasteiger partial charge on any atom is -0.310 e. The van der Waals surface area contributed by atoms with Gasteiger partial charge in [0.2, 0.25) is 0 Å². The summed E-state index contributed by atoms with van der Waals surface area (Å²) in [5.41, 5.74) is 3.42. The number of halogens is 4. The van der Waals surface area contributed by atoms with Crippen molar-refractivity contribution in [1.82, 2.24) is 0 Å². The fraction of sp³-hybridized carbons (Fsp3) is 0.111. The molecule has 0 bridgehead atoms. The summed E-state index contributed by atoms with van der Waals surface area (Å²) in [6.07, 6.45) is 0. The second-order valence-corrected chi connectivity index (χ2v) is 8.10. The Bertz CT molecular complexity index is 1270. The lowest BCUT2D eigenvalue weighted by molar-refractivity contribution is 0.449. The highest BCUT2D eigenvalue weighted by molar-refractivity contribution is 6.37. The van der Waals surface area contributed by atoms with E-state index in [1.165, 1.54) is 0 Å². The van der Waals surface area contributed by atoms with Gasteiger partial charge in [0.05, 0.1) is 11.3 Å². The summed E-state index contributed by atoms with van der Waals surface area (Å²) in [7, 11) is 1.70. The van der Waals surface area contributed by atoms with Crippen molar-refractivity contribution < 1.29 is 17.6 Å². The van der Waals surface area contributed by atoms with Crippen LogP contribution in [0.5, 0.6) is 0 Å². The van der Waals surface area contributed by atoms with Gasteiger partial charge in [-0.1, -0.05) is 41.9 Å². The Labute approximate surface area is 191 Å². The minimum absolute atomic E-state index is 0.127. The Balaban J connectivity index is 2.00. The number of rotatable bonds is 4. The molecule has 0 unspecified atom stereocenters. The highest BCUT2D eigenvalue weighted by Gasteiger charge is 2.27. The molecule has 4 rings (SSSR count). The van der Waals surface area contributed by atoms with Gasteiger partial charge < -0.3 is 4.90 Å². The normalized spacial score (nSPS) is 11.0. The Morgan fingerprint density at radius 1 is 0.636 bits per heavy atom. The van der Waals surface area contributed by atoms with E-state index in [0.29, 0.717) is 11.0 Å². The Morgan fingerprint density at radius 2 is 1.09 bits per heavy atom. The number of aryl methyl sites for hydroxylation is 1. The van der Waals surface area contributed by atoms with Crippen LogP contribution < -0.4 is 10.4 Å². The van der Waals surface area contributed by atoms with Crippen LogP contribution in [-0.2, 0) is 0 Å². The zero-order chi connectivity index (χ0) is 23.9. The van der Waals surface area contributed by atoms with E-state index in [1.807, 2.05) is 74.5 Å². The maximum Gasteiger partial charge on any atom is 0.170 e. The molecule has 0 aliphatic heterocycles. The van der Waals surface area contributed by atoms with E-state index >= 15 is 0 Å². The van der Waals surface area contributed by atoms with Crippen LogP contribution in [0.4, 0.5) is 34.6 Å². The molecule has 0 radical (unpaired) electrons. The van der Waals surface area contributed by atoms with Crippen LogP contribution in [0, 0.1) is 44.0 Å². The lowest BCUT2D eigenvalue weighted by Gasteiger charge is -2.30. The quantitative estimate of drug-likeness (QED) is 0.195. The first-order chi connectivity index (χ1) is 15.7. The lowest BCUT2D eigenvalue weighted by atomic mass is 9.80. The molecule has 4 aromatic rings. The summed E-state index contributed by atoms with van der Waals surface area (Å²) in [4.78, 5) is 2.06. The van der Waals surface area contributed by atoms with Gasteiger partial charge in [-0.2, -0.15) is 0 Å². The summed E-state index contributed by atoms with van der Waals surface area (Å²) in [5, 5.41) is 0. The van der Waals surface area contributed by atoms with Gasteiger partial charge in [-0.3, -0.25) is 0 Å². The largest absolute Gasteiger partial charge is 0.310 e. The van der Waals surface area contributed by atoms with Gasteiger partial charge in [0.25, 0.3) is 0 Å². The van der Waals surface area contributed by atoms with Crippen LogP contribution in [0.2, 0.25) is 0 Å². The molecule has 0 aromatic heterocycles. The Hall–Kier alpha value is -3.54. The van der Waals surface area contributed by atoms with Gasteiger partial charge in [0.15, 0.2) is 23.3 Å². The van der Waals surface area contributed by atoms with Crippen molar-refractivity contribution in [3.8, 4) is 11.1 Å². The fourth-order valence-corrected chi connectivity index (χ4v) is 4.21. The molecule has 0 atom stereocenters. The molecule has 0 aliphatic carbocycles. The highest BCUT2D eigenvalue weighted by Crippen LogP contribution is 2.40. The van der Waals surface area contributed by atoms with Crippen molar-refractivity contribution in [2.24, 2.45) is 0 Å². The molecule has 1 nitrogen and oxygen atoms in total. The molecule has 0 amide bonds. The molecule has 0 fully saturated rings. The number of anilines is 3. The molecule has 0 heterocycles. The molecule has 166 valence electrons. The second-order valence-electron chi connectivity index (χ2n) is 8.10. The number of benzene rings is 4. The number of hydrogen-bond donors (Lipinski definition) is 0. The van der Waals surface area contributed by atoms with Crippen LogP contribution in [0.3, 0.4) is 0 Å². The van der Waals surface area contributed by atoms with E-state index in [2.05, 4.69) is 4.90 Å². The van der Waals surface area contributed by atoms with Crippen molar-refractivity contribution in [2.45, 2.75) is 20.8 Å². The summed E-state index contributed by atoms with van der Waals surface area (Å²) in [6, 6.07) is 21.0. The number of nitrogens with zero attached hydrogens (tertiary/aromatic N) is 1. The predicted octanol–water partition coefficient (Wildman–Crippen LogP) is 6.56. The standard InChI is InChI=1S/C27H22BF4N/c1-15-14-20(21-25(31)23(29)17(3)24(30)26(21)32)22(28)16(2)27(15)33(18-10-6-4-7-11-18)19-12-8-5-9-13-19/h4-14H,28H2,1-3H3. The lowest BCUT2D eigenvalue weighted by Crippen LogP contribution is -2.21. The van der Waals surface area contributed by atoms with Gasteiger partial charge >= 0.3 is 0 Å². The maximum absolute atomic E-state index is 14.8. The molecule has 4 aromatic carbocycles. The third kappa shape index (κ3) is 3.80. The summed E-state index contributed by atoms with van der Waals surface area (Å²) >= 11 is 0. The maximum atomic E-state index is 14.8. The zero-order valence-electron chi connectivity index (χ0n) is 18.8. The number of para-hydroxylation sites is 2. The van der Waals surface area contributed by atoms with E-state index in [0.717, 1.165) is 29.5 Å². The van der Waals surface area contributed by atoms with Crippen LogP contribution in [0.1, 0.15) is 16.7 Å². The first-order valence-electron chi connectivity index (χ1n) is 10.6. The topological polar surface area (TPSA) is 3.24 Å². The SMILES string of the molecule is Bc1c(-c2c(F)c(F)c(C)c(F)c2F)cc(C)c(N(c2ccccc2)c2ccccc2)c1C. The minimum atomic E-state index is -1.39. The van der Waals surface area contributed by atoms with E-state index in [-0.39, 0.29) is 5.56 Å². The monoisotopic (exact) mass is 447 g/mol. The van der Waals surface area contributed by atoms with E-state index in [1.54, 1.807) is 13.9 Å². The van der Waals surface area contributed by atoms with Gasteiger partial charge in [-0.25, -0.2) is 17.6 Å². The molecule has 0 saturated heterocycles. The van der Waals surface area contributed by atoms with E-state index in [9.17, 15) is 17.6 Å². The van der Waals surface area contributed by atoms with Gasteiger partial charge in [0.1, 0.15) is 7.85 Å². The first-order valence-corrected chi connectivity index (χ1v) is 10.6. The Morgan fingerprint density at radius 3 is 1.55 bits per heavy atom. The first kappa shape index (κ1) is 22.7. The van der Waals surface area contributed by atoms with Gasteiger partial charge in [-0.05, 0) is 67.8 Å². The molecule has 6 heteroatoms. The Kier molecular flexibility index (Phi) is 6.02. The van der Waals surface area contributed by atoms with Crippen molar-refractivity contribution in [1.29, 1.82) is 0 Å². The molecule has 33 heavy (non-hydrogen) atoms. The van der Waals surface area contributed by atoms with Crippen molar-refractivity contribution >= 4 is 30.4 Å². The average Bonchev–Trinajstić information content (AvgIpc) is 2.83. The predicted molar refractivity (Wildman–Crippen MR) is 129 cm³/mol. The van der Waals surface area contributed by atoms with Crippen molar-refractivity contribution in [3.05, 3.63) is 107 Å². The average molecular weight is 447 g/mol. The molecule has 0 aliphatic rings. The summed E-state index contributed by atoms with van der Waals surface area (Å²) in [5.74, 6) is -5.52.